The zero-order valence-electron chi connectivity index (χ0n) is 8.74. The van der Waals surface area contributed by atoms with E-state index in [9.17, 15) is 0 Å². The maximum atomic E-state index is 5.21. The first-order valence-electron chi connectivity index (χ1n) is 4.80. The smallest absolute Gasteiger partial charge is 0.129 e. The van der Waals surface area contributed by atoms with E-state index in [1.165, 1.54) is 11.1 Å². The van der Waals surface area contributed by atoms with Gasteiger partial charge in [-0.05, 0) is 19.4 Å². The molecule has 0 atom stereocenters. The Kier molecular flexibility index (Phi) is 2.64. The summed E-state index contributed by atoms with van der Waals surface area (Å²) in [4.78, 5) is 7.30. The number of hydrogen-bond acceptors (Lipinski definition) is 2. The summed E-state index contributed by atoms with van der Waals surface area (Å²) >= 11 is 5.21. The molecule has 0 fully saturated rings. The fourth-order valence-electron chi connectivity index (χ4n) is 1.62. The van der Waals surface area contributed by atoms with Gasteiger partial charge < -0.3 is 4.98 Å². The van der Waals surface area contributed by atoms with Crippen LogP contribution in [0, 0.1) is 18.5 Å². The molecule has 2 nitrogen and oxygen atoms in total. The minimum absolute atomic E-state index is 0.685. The molecule has 76 valence electrons. The molecule has 0 bridgehead atoms. The van der Waals surface area contributed by atoms with Gasteiger partial charge in [0.1, 0.15) is 10.3 Å². The first-order valence-corrected chi connectivity index (χ1v) is 5.20. The SMILES string of the molecule is Cc1ccc(-c2ncc[nH]c2=S)c(C)c1. The van der Waals surface area contributed by atoms with E-state index < -0.39 is 0 Å². The average Bonchev–Trinajstić information content (AvgIpc) is 2.20. The van der Waals surface area contributed by atoms with Crippen LogP contribution in [0.25, 0.3) is 11.3 Å². The molecule has 15 heavy (non-hydrogen) atoms. The highest BCUT2D eigenvalue weighted by molar-refractivity contribution is 7.71. The lowest BCUT2D eigenvalue weighted by molar-refractivity contribution is 1.18. The van der Waals surface area contributed by atoms with Gasteiger partial charge in [-0.2, -0.15) is 0 Å². The molecule has 1 aromatic heterocycles. The Labute approximate surface area is 94.0 Å². The average molecular weight is 216 g/mol. The van der Waals surface area contributed by atoms with Crippen LogP contribution < -0.4 is 0 Å². The second-order valence-corrected chi connectivity index (χ2v) is 3.99. The van der Waals surface area contributed by atoms with E-state index in [0.717, 1.165) is 11.3 Å². The van der Waals surface area contributed by atoms with Gasteiger partial charge in [-0.1, -0.05) is 36.0 Å². The van der Waals surface area contributed by atoms with Crippen molar-refractivity contribution in [3.63, 3.8) is 0 Å². The molecule has 2 aromatic rings. The van der Waals surface area contributed by atoms with Crippen molar-refractivity contribution >= 4 is 12.2 Å². The van der Waals surface area contributed by atoms with Crippen molar-refractivity contribution in [2.45, 2.75) is 13.8 Å². The van der Waals surface area contributed by atoms with E-state index in [2.05, 4.69) is 42.0 Å². The minimum atomic E-state index is 0.685. The van der Waals surface area contributed by atoms with Crippen LogP contribution >= 0.6 is 12.2 Å². The normalized spacial score (nSPS) is 10.3. The summed E-state index contributed by atoms with van der Waals surface area (Å²) in [6, 6.07) is 6.28. The van der Waals surface area contributed by atoms with E-state index in [4.69, 9.17) is 12.2 Å². The molecular weight excluding hydrogens is 204 g/mol. The Hall–Kier alpha value is -1.48. The molecule has 1 heterocycles. The summed E-state index contributed by atoms with van der Waals surface area (Å²) in [5.74, 6) is 0. The van der Waals surface area contributed by atoms with Crippen LogP contribution in [0.2, 0.25) is 0 Å². The standard InChI is InChI=1S/C12H12N2S/c1-8-3-4-10(9(2)7-8)11-12(15)14-6-5-13-11/h3-7H,1-2H3,(H,14,15). The van der Waals surface area contributed by atoms with Crippen LogP contribution in [-0.2, 0) is 0 Å². The topological polar surface area (TPSA) is 28.7 Å². The number of H-pyrrole nitrogens is 1. The van der Waals surface area contributed by atoms with Crippen molar-refractivity contribution in [3.8, 4) is 11.3 Å². The van der Waals surface area contributed by atoms with Crippen molar-refractivity contribution in [1.82, 2.24) is 9.97 Å². The zero-order valence-corrected chi connectivity index (χ0v) is 9.56. The number of nitrogens with zero attached hydrogens (tertiary/aromatic N) is 1. The highest BCUT2D eigenvalue weighted by atomic mass is 32.1. The van der Waals surface area contributed by atoms with E-state index in [1.54, 1.807) is 12.4 Å². The quantitative estimate of drug-likeness (QED) is 0.740. The van der Waals surface area contributed by atoms with E-state index in [-0.39, 0.29) is 0 Å². The first kappa shape index (κ1) is 10.1. The van der Waals surface area contributed by atoms with E-state index in [0.29, 0.717) is 4.64 Å². The number of nitrogens with one attached hydrogen (secondary N) is 1. The molecule has 0 amide bonds. The molecule has 0 saturated heterocycles. The number of hydrogen-bond donors (Lipinski definition) is 1. The Morgan fingerprint density at radius 2 is 2.07 bits per heavy atom. The fraction of sp³-hybridized carbons (Fsp3) is 0.167. The number of aryl methyl sites for hydroxylation is 2. The van der Waals surface area contributed by atoms with Gasteiger partial charge in [-0.15, -0.1) is 0 Å². The van der Waals surface area contributed by atoms with Crippen molar-refractivity contribution in [2.75, 3.05) is 0 Å². The predicted octanol–water partition coefficient (Wildman–Crippen LogP) is 3.42. The molecule has 2 rings (SSSR count). The predicted molar refractivity (Wildman–Crippen MR) is 64.3 cm³/mol. The monoisotopic (exact) mass is 216 g/mol. The van der Waals surface area contributed by atoms with Gasteiger partial charge in [0, 0.05) is 18.0 Å². The van der Waals surface area contributed by atoms with Gasteiger partial charge in [-0.3, -0.25) is 4.98 Å². The molecular formula is C12H12N2S. The van der Waals surface area contributed by atoms with Crippen LogP contribution in [0.3, 0.4) is 0 Å². The fourth-order valence-corrected chi connectivity index (χ4v) is 1.85. The first-order chi connectivity index (χ1) is 7.18. The Morgan fingerprint density at radius 1 is 1.27 bits per heavy atom. The Balaban J connectivity index is 2.65. The van der Waals surface area contributed by atoms with Crippen LogP contribution in [0.15, 0.2) is 30.6 Å². The Bertz CT molecular complexity index is 543. The molecule has 0 radical (unpaired) electrons. The zero-order chi connectivity index (χ0) is 10.8. The van der Waals surface area contributed by atoms with Crippen molar-refractivity contribution in [2.24, 2.45) is 0 Å². The summed E-state index contributed by atoms with van der Waals surface area (Å²) < 4.78 is 0.685. The summed E-state index contributed by atoms with van der Waals surface area (Å²) in [7, 11) is 0. The van der Waals surface area contributed by atoms with Crippen molar-refractivity contribution in [3.05, 3.63) is 46.4 Å². The van der Waals surface area contributed by atoms with Crippen LogP contribution in [-0.4, -0.2) is 9.97 Å². The van der Waals surface area contributed by atoms with E-state index in [1.807, 2.05) is 0 Å². The molecule has 3 heteroatoms. The lowest BCUT2D eigenvalue weighted by atomic mass is 10.0. The van der Waals surface area contributed by atoms with Gasteiger partial charge in [0.2, 0.25) is 0 Å². The molecule has 0 spiro atoms. The molecule has 1 N–H and O–H groups in total. The van der Waals surface area contributed by atoms with Gasteiger partial charge in [0.15, 0.2) is 0 Å². The third-order valence-corrected chi connectivity index (χ3v) is 2.66. The minimum Gasteiger partial charge on any atom is -0.350 e. The Morgan fingerprint density at radius 3 is 2.73 bits per heavy atom. The largest absolute Gasteiger partial charge is 0.350 e. The van der Waals surface area contributed by atoms with Crippen LogP contribution in [0.5, 0.6) is 0 Å². The molecule has 0 aliphatic rings. The van der Waals surface area contributed by atoms with Gasteiger partial charge in [-0.25, -0.2) is 0 Å². The highest BCUT2D eigenvalue weighted by Gasteiger charge is 2.04. The van der Waals surface area contributed by atoms with Gasteiger partial charge >= 0.3 is 0 Å². The maximum absolute atomic E-state index is 5.21. The summed E-state index contributed by atoms with van der Waals surface area (Å²) in [5, 5.41) is 0. The molecule has 1 aromatic carbocycles. The van der Waals surface area contributed by atoms with E-state index >= 15 is 0 Å². The number of aromatic amines is 1. The summed E-state index contributed by atoms with van der Waals surface area (Å²) in [6.07, 6.45) is 3.47. The second kappa shape index (κ2) is 3.95. The second-order valence-electron chi connectivity index (χ2n) is 3.59. The van der Waals surface area contributed by atoms with Gasteiger partial charge in [0.05, 0.1) is 0 Å². The maximum Gasteiger partial charge on any atom is 0.129 e. The molecule has 0 unspecified atom stereocenters. The summed E-state index contributed by atoms with van der Waals surface area (Å²) in [6.45, 7) is 4.15. The van der Waals surface area contributed by atoms with Crippen molar-refractivity contribution in [1.29, 1.82) is 0 Å². The van der Waals surface area contributed by atoms with Crippen LogP contribution in [0.4, 0.5) is 0 Å². The van der Waals surface area contributed by atoms with Crippen LogP contribution in [0.1, 0.15) is 11.1 Å². The molecule has 0 aliphatic carbocycles. The summed E-state index contributed by atoms with van der Waals surface area (Å²) in [5.41, 5.74) is 4.41. The number of benzene rings is 1. The molecule has 0 aliphatic heterocycles. The number of rotatable bonds is 1. The lowest BCUT2D eigenvalue weighted by Gasteiger charge is -2.05. The third-order valence-electron chi connectivity index (χ3n) is 2.34. The third kappa shape index (κ3) is 1.97. The highest BCUT2D eigenvalue weighted by Crippen LogP contribution is 2.22. The molecule has 0 saturated carbocycles. The number of aromatic nitrogens is 2. The lowest BCUT2D eigenvalue weighted by Crippen LogP contribution is -1.90. The van der Waals surface area contributed by atoms with Crippen molar-refractivity contribution < 1.29 is 0 Å². The van der Waals surface area contributed by atoms with Gasteiger partial charge in [0.25, 0.3) is 0 Å².